The average Bonchev–Trinajstić information content (AvgIpc) is 3.66. The number of hydrogen-bond donors (Lipinski definition) is 5. The number of anilines is 2. The fourth-order valence-electron chi connectivity index (χ4n) is 8.68. The number of benzene rings is 3. The van der Waals surface area contributed by atoms with Crippen molar-refractivity contribution in [2.24, 2.45) is 0 Å². The molecule has 4 aliphatic rings. The summed E-state index contributed by atoms with van der Waals surface area (Å²) in [5, 5.41) is 15.2. The van der Waals surface area contributed by atoms with E-state index < -0.39 is 23.3 Å². The Kier molecular flexibility index (Phi) is 15.5. The van der Waals surface area contributed by atoms with Gasteiger partial charge in [-0.2, -0.15) is 0 Å². The maximum atomic E-state index is 14.9. The number of rotatable bonds is 22. The van der Waals surface area contributed by atoms with E-state index in [1.165, 1.54) is 11.0 Å². The summed E-state index contributed by atoms with van der Waals surface area (Å²) in [6, 6.07) is 20.0. The van der Waals surface area contributed by atoms with E-state index in [0.29, 0.717) is 66.5 Å². The summed E-state index contributed by atoms with van der Waals surface area (Å²) in [6.07, 6.45) is 8.62. The second kappa shape index (κ2) is 22.2. The van der Waals surface area contributed by atoms with Crippen LogP contribution < -0.4 is 36.0 Å². The Morgan fingerprint density at radius 1 is 0.897 bits per heavy atom. The zero-order valence-electron chi connectivity index (χ0n) is 38.1. The molecule has 4 aromatic rings. The molecule has 5 amide bonds. The molecule has 1 atom stereocenters. The molecule has 0 radical (unpaired) electrons. The molecule has 356 valence electrons. The first-order chi connectivity index (χ1) is 33.0. The molecule has 1 aromatic heterocycles. The second-order valence-corrected chi connectivity index (χ2v) is 17.4. The highest BCUT2D eigenvalue weighted by molar-refractivity contribution is 6.19. The summed E-state index contributed by atoms with van der Waals surface area (Å²) in [5.41, 5.74) is 3.63. The maximum Gasteiger partial charge on any atom is 0.324 e. The number of aromatic nitrogens is 1. The van der Waals surface area contributed by atoms with E-state index in [-0.39, 0.29) is 56.2 Å². The van der Waals surface area contributed by atoms with E-state index in [1.54, 1.807) is 48.8 Å². The predicted octanol–water partition coefficient (Wildman–Crippen LogP) is 3.91. The zero-order chi connectivity index (χ0) is 47.5. The van der Waals surface area contributed by atoms with Crippen molar-refractivity contribution in [1.82, 2.24) is 35.4 Å². The SMILES string of the molecule is CN1CCC(Nc2cccc(C(=O)NCc3cc(OCCCCCOCCCOCC(=O)Nc4cccc5c4CN(C4CCC(=O)NC4=O)C5=O)ccc3F)c2)(C2=[N+]=C(c3ccncc3)N2)CC1. The minimum atomic E-state index is -0.739. The van der Waals surface area contributed by atoms with Gasteiger partial charge in [0.25, 0.3) is 11.8 Å². The predicted molar refractivity (Wildman–Crippen MR) is 252 cm³/mol. The number of carbonyl (C=O) groups excluding carboxylic acids is 5. The largest absolute Gasteiger partial charge is 0.494 e. The van der Waals surface area contributed by atoms with Gasteiger partial charge in [-0.15, -0.1) is 0 Å². The van der Waals surface area contributed by atoms with Crippen LogP contribution in [0.3, 0.4) is 0 Å². The molecule has 0 saturated carbocycles. The summed E-state index contributed by atoms with van der Waals surface area (Å²) in [7, 11) is 2.11. The lowest BCUT2D eigenvalue weighted by Gasteiger charge is -2.40. The summed E-state index contributed by atoms with van der Waals surface area (Å²) < 4.78 is 36.9. The van der Waals surface area contributed by atoms with Crippen LogP contribution in [0.15, 0.2) is 85.2 Å². The number of halogens is 1. The Hall–Kier alpha value is -6.98. The molecule has 1 unspecified atom stereocenters. The Morgan fingerprint density at radius 2 is 1.66 bits per heavy atom. The van der Waals surface area contributed by atoms with Gasteiger partial charge in [0.1, 0.15) is 29.8 Å². The molecule has 2 fully saturated rings. The van der Waals surface area contributed by atoms with Gasteiger partial charge in [-0.3, -0.25) is 34.3 Å². The number of nitrogens with zero attached hydrogens (tertiary/aromatic N) is 4. The van der Waals surface area contributed by atoms with E-state index >= 15 is 0 Å². The first-order valence-electron chi connectivity index (χ1n) is 23.2. The molecule has 0 aliphatic carbocycles. The molecule has 3 aromatic carbocycles. The van der Waals surface area contributed by atoms with Crippen molar-refractivity contribution >= 4 is 52.6 Å². The van der Waals surface area contributed by atoms with Crippen molar-refractivity contribution in [2.45, 2.75) is 76.0 Å². The third-order valence-electron chi connectivity index (χ3n) is 12.5. The van der Waals surface area contributed by atoms with Gasteiger partial charge in [0.05, 0.1) is 12.2 Å². The van der Waals surface area contributed by atoms with Crippen molar-refractivity contribution in [3.8, 4) is 5.75 Å². The standard InChI is InChI=1S/C50H56FN9O8/c1-59-22-18-50(19-23-59,49-56-45(57-49)33-16-20-52-21-17-33)58-36-9-5-8-34(28-36)46(63)53-30-35-29-37(12-13-40(35)51)68-27-4-2-3-24-66-25-7-26-67-32-44(62)54-41-11-6-10-38-39(41)31-60(48(38)65)42-14-15-43(61)55-47(42)64/h5-6,8-13,16-17,20-21,28-29,42,58H,2-4,7,14-15,18-19,22-27,30-32H2,1H3,(H3,53,54,55,61,62,63,64)/p+1. The highest BCUT2D eigenvalue weighted by Gasteiger charge is 2.47. The number of piperidine rings is 2. The van der Waals surface area contributed by atoms with Gasteiger partial charge < -0.3 is 40.0 Å². The third kappa shape index (κ3) is 11.8. The summed E-state index contributed by atoms with van der Waals surface area (Å²) in [6.45, 7) is 3.55. The van der Waals surface area contributed by atoms with Crippen LogP contribution in [0.2, 0.25) is 0 Å². The number of imide groups is 1. The maximum absolute atomic E-state index is 14.9. The summed E-state index contributed by atoms with van der Waals surface area (Å²) in [4.78, 5) is 70.9. The van der Waals surface area contributed by atoms with Crippen LogP contribution in [0.4, 0.5) is 15.8 Å². The molecule has 2 saturated heterocycles. The fourth-order valence-corrected chi connectivity index (χ4v) is 8.68. The van der Waals surface area contributed by atoms with Gasteiger partial charge in [0.2, 0.25) is 17.7 Å². The van der Waals surface area contributed by atoms with E-state index in [4.69, 9.17) is 18.9 Å². The molecule has 0 spiro atoms. The van der Waals surface area contributed by atoms with Crippen LogP contribution in [0, 0.1) is 5.82 Å². The first-order valence-corrected chi connectivity index (χ1v) is 23.2. The highest BCUT2D eigenvalue weighted by atomic mass is 19.1. The number of amides is 5. The van der Waals surface area contributed by atoms with Gasteiger partial charge in [-0.05, 0) is 113 Å². The van der Waals surface area contributed by atoms with E-state index in [0.717, 1.165) is 68.1 Å². The summed E-state index contributed by atoms with van der Waals surface area (Å²) >= 11 is 0. The number of nitrogens with one attached hydrogen (secondary N) is 5. The fraction of sp³-hybridized carbons (Fsp3) is 0.400. The number of carbonyl (C=O) groups is 5. The van der Waals surface area contributed by atoms with E-state index in [1.807, 2.05) is 30.3 Å². The third-order valence-corrected chi connectivity index (χ3v) is 12.5. The van der Waals surface area contributed by atoms with Crippen molar-refractivity contribution in [3.63, 3.8) is 0 Å². The van der Waals surface area contributed by atoms with Gasteiger partial charge >= 0.3 is 11.7 Å². The smallest absolute Gasteiger partial charge is 0.324 e. The Morgan fingerprint density at radius 3 is 2.47 bits per heavy atom. The molecule has 5 N–H and O–H groups in total. The van der Waals surface area contributed by atoms with Crippen molar-refractivity contribution in [2.75, 3.05) is 63.8 Å². The molecule has 18 heteroatoms. The Labute approximate surface area is 393 Å². The number of ether oxygens (including phenoxy) is 3. The Bertz CT molecular complexity index is 2580. The van der Waals surface area contributed by atoms with Crippen molar-refractivity contribution in [1.29, 1.82) is 0 Å². The van der Waals surface area contributed by atoms with Crippen LogP contribution in [0.1, 0.15) is 88.8 Å². The van der Waals surface area contributed by atoms with Crippen LogP contribution in [-0.2, 0) is 36.9 Å². The van der Waals surface area contributed by atoms with Crippen LogP contribution in [0.5, 0.6) is 5.75 Å². The topological polar surface area (TPSA) is 207 Å². The lowest BCUT2D eigenvalue weighted by atomic mass is 9.84. The minimum Gasteiger partial charge on any atom is -0.494 e. The van der Waals surface area contributed by atoms with Gasteiger partial charge in [0, 0.05) is 98.4 Å². The van der Waals surface area contributed by atoms with Gasteiger partial charge in [-0.25, -0.2) is 14.4 Å². The lowest BCUT2D eigenvalue weighted by molar-refractivity contribution is -0.137. The van der Waals surface area contributed by atoms with Gasteiger partial charge in [-0.1, -0.05) is 12.1 Å². The van der Waals surface area contributed by atoms with Crippen LogP contribution in [0.25, 0.3) is 0 Å². The van der Waals surface area contributed by atoms with Crippen LogP contribution >= 0.6 is 0 Å². The van der Waals surface area contributed by atoms with Crippen molar-refractivity contribution < 1.29 is 42.6 Å². The number of hydrogen-bond acceptors (Lipinski definition) is 12. The second-order valence-electron chi connectivity index (χ2n) is 17.4. The van der Waals surface area contributed by atoms with Crippen LogP contribution in [-0.4, -0.2) is 121 Å². The Balaban J connectivity index is 0.695. The molecule has 0 bridgehead atoms. The zero-order valence-corrected chi connectivity index (χ0v) is 38.1. The first kappa shape index (κ1) is 47.5. The number of amidine groups is 2. The molecule has 17 nitrogen and oxygen atoms in total. The number of unbranched alkanes of at least 4 members (excludes halogenated alkanes) is 2. The minimum absolute atomic E-state index is 0.00712. The molecule has 8 rings (SSSR count). The quantitative estimate of drug-likeness (QED) is 0.0432. The number of fused-ring (bicyclic) bond motifs is 1. The molecular weight excluding hydrogens is 874 g/mol. The molecular formula is C50H57FN9O8+. The van der Waals surface area contributed by atoms with Gasteiger partial charge in [0.15, 0.2) is 0 Å². The molecule has 5 heterocycles. The molecule has 68 heavy (non-hydrogen) atoms. The average molecular weight is 931 g/mol. The number of likely N-dealkylation sites (tertiary alicyclic amines) is 1. The van der Waals surface area contributed by atoms with E-state index in [2.05, 4.69) is 43.5 Å². The number of pyridine rings is 1. The van der Waals surface area contributed by atoms with Crippen molar-refractivity contribution in [3.05, 3.63) is 119 Å². The van der Waals surface area contributed by atoms with E-state index in [9.17, 15) is 28.4 Å². The lowest BCUT2D eigenvalue weighted by Crippen LogP contribution is -2.64. The normalized spacial score (nSPS) is 17.5. The molecule has 4 aliphatic heterocycles. The highest BCUT2D eigenvalue weighted by Crippen LogP contribution is 2.33. The summed E-state index contributed by atoms with van der Waals surface area (Å²) in [5.74, 6) is -0.0850. The monoisotopic (exact) mass is 930 g/mol.